The maximum Gasteiger partial charge on any atom is 0.416 e. The van der Waals surface area contributed by atoms with Gasteiger partial charge in [-0.3, -0.25) is 14.6 Å². The molecule has 2 aromatic carbocycles. The van der Waals surface area contributed by atoms with Gasteiger partial charge in [-0.15, -0.1) is 0 Å². The molecule has 0 saturated carbocycles. The molecule has 1 aliphatic rings. The summed E-state index contributed by atoms with van der Waals surface area (Å²) >= 11 is 0. The minimum atomic E-state index is -4.50. The first-order chi connectivity index (χ1) is 19.1. The second-order valence-corrected chi connectivity index (χ2v) is 9.31. The molecule has 208 valence electrons. The van der Waals surface area contributed by atoms with Crippen molar-refractivity contribution in [2.75, 3.05) is 6.61 Å². The van der Waals surface area contributed by atoms with E-state index >= 15 is 0 Å². The van der Waals surface area contributed by atoms with Gasteiger partial charge in [0.15, 0.2) is 0 Å². The van der Waals surface area contributed by atoms with Gasteiger partial charge < -0.3 is 15.0 Å². The first-order valence-electron chi connectivity index (χ1n) is 12.7. The fraction of sp³-hybridized carbons (Fsp3) is 0.267. The highest BCUT2D eigenvalue weighted by atomic mass is 19.4. The molecule has 0 fully saturated rings. The van der Waals surface area contributed by atoms with Crippen LogP contribution < -0.4 is 5.32 Å². The molecule has 0 radical (unpaired) electrons. The molecule has 0 spiro atoms. The van der Waals surface area contributed by atoms with Crippen molar-refractivity contribution < 1.29 is 32.3 Å². The molecular formula is C30H28F3N3O4. The Morgan fingerprint density at radius 3 is 2.40 bits per heavy atom. The summed E-state index contributed by atoms with van der Waals surface area (Å²) in [6.45, 7) is 3.79. The maximum atomic E-state index is 13.3. The molecule has 4 rings (SSSR count). The molecule has 1 unspecified atom stereocenters. The van der Waals surface area contributed by atoms with Gasteiger partial charge in [-0.2, -0.15) is 13.2 Å². The average molecular weight is 552 g/mol. The number of rotatable bonds is 8. The molecule has 3 aromatic rings. The zero-order chi connectivity index (χ0) is 28.9. The van der Waals surface area contributed by atoms with Gasteiger partial charge in [0.05, 0.1) is 24.3 Å². The largest absolute Gasteiger partial charge is 0.463 e. The number of pyridine rings is 1. The number of aromatic nitrogens is 1. The van der Waals surface area contributed by atoms with E-state index in [1.807, 2.05) is 0 Å². The quantitative estimate of drug-likeness (QED) is 0.380. The molecule has 0 saturated heterocycles. The van der Waals surface area contributed by atoms with Crippen molar-refractivity contribution in [1.29, 1.82) is 0 Å². The molecular weight excluding hydrogens is 523 g/mol. The highest BCUT2D eigenvalue weighted by Crippen LogP contribution is 2.39. The Labute approximate surface area is 229 Å². The Kier molecular flexibility index (Phi) is 8.67. The van der Waals surface area contributed by atoms with Crippen LogP contribution in [0.25, 0.3) is 0 Å². The predicted octanol–water partition coefficient (Wildman–Crippen LogP) is 5.38. The van der Waals surface area contributed by atoms with Gasteiger partial charge >= 0.3 is 12.1 Å². The Bertz CT molecular complexity index is 1420. The fourth-order valence-corrected chi connectivity index (χ4v) is 4.64. The molecule has 2 heterocycles. The van der Waals surface area contributed by atoms with Gasteiger partial charge in [0, 0.05) is 42.5 Å². The maximum absolute atomic E-state index is 13.3. The van der Waals surface area contributed by atoms with Crippen LogP contribution in [0.5, 0.6) is 0 Å². The Morgan fingerprint density at radius 1 is 1.05 bits per heavy atom. The lowest BCUT2D eigenvalue weighted by atomic mass is 9.83. The smallest absolute Gasteiger partial charge is 0.416 e. The van der Waals surface area contributed by atoms with Crippen molar-refractivity contribution in [2.45, 2.75) is 45.5 Å². The van der Waals surface area contributed by atoms with Crippen LogP contribution in [0.3, 0.4) is 0 Å². The summed E-state index contributed by atoms with van der Waals surface area (Å²) in [5, 5.41) is 2.85. The van der Waals surface area contributed by atoms with Gasteiger partial charge in [0.25, 0.3) is 5.91 Å². The van der Waals surface area contributed by atoms with Crippen molar-refractivity contribution in [1.82, 2.24) is 15.2 Å². The van der Waals surface area contributed by atoms with E-state index in [2.05, 4.69) is 10.3 Å². The van der Waals surface area contributed by atoms with Crippen LogP contribution in [0.15, 0.2) is 84.3 Å². The number of allylic oxidation sites excluding steroid dienone is 1. The molecule has 2 amide bonds. The number of esters is 1. The van der Waals surface area contributed by atoms with Gasteiger partial charge in [0.2, 0.25) is 5.91 Å². The van der Waals surface area contributed by atoms with E-state index in [4.69, 9.17) is 4.74 Å². The van der Waals surface area contributed by atoms with Crippen molar-refractivity contribution in [3.05, 3.63) is 112 Å². The number of hydrogen-bond acceptors (Lipinski definition) is 5. The third-order valence-corrected chi connectivity index (χ3v) is 6.69. The number of ether oxygens (including phenoxy) is 1. The molecule has 1 N–H and O–H groups in total. The second kappa shape index (κ2) is 12.1. The number of carbonyl (C=O) groups is 3. The molecule has 1 aliphatic heterocycles. The van der Waals surface area contributed by atoms with Crippen molar-refractivity contribution in [3.63, 3.8) is 0 Å². The average Bonchev–Trinajstić information content (AvgIpc) is 2.94. The Morgan fingerprint density at radius 2 is 1.75 bits per heavy atom. The fourth-order valence-electron chi connectivity index (χ4n) is 4.64. The van der Waals surface area contributed by atoms with Crippen LogP contribution in [0.2, 0.25) is 0 Å². The van der Waals surface area contributed by atoms with Crippen LogP contribution in [-0.2, 0) is 33.6 Å². The lowest BCUT2D eigenvalue weighted by molar-refractivity contribution is -0.140. The van der Waals surface area contributed by atoms with E-state index in [0.717, 1.165) is 17.7 Å². The standard InChI is InChI=1S/C30H28F3N3O4/c1-3-40-29(39)27-19(2)36(26(37)16-25(27)22-7-9-24(10-8-22)30(31,32)33)18-21-5-4-6-23(15-21)28(38)35-17-20-11-13-34-14-12-20/h4-15,25H,3,16-18H2,1-2H3,(H,35,38). The molecule has 0 aliphatic carbocycles. The van der Waals surface area contributed by atoms with Crippen molar-refractivity contribution in [2.24, 2.45) is 0 Å². The minimum absolute atomic E-state index is 0.0960. The van der Waals surface area contributed by atoms with Gasteiger partial charge in [0.1, 0.15) is 0 Å². The van der Waals surface area contributed by atoms with E-state index in [9.17, 15) is 27.6 Å². The van der Waals surface area contributed by atoms with Gasteiger partial charge in [-0.25, -0.2) is 4.79 Å². The summed E-state index contributed by atoms with van der Waals surface area (Å²) in [4.78, 5) is 44.4. The summed E-state index contributed by atoms with van der Waals surface area (Å²) in [6, 6.07) is 14.9. The summed E-state index contributed by atoms with van der Waals surface area (Å²) in [6.07, 6.45) is -1.35. The van der Waals surface area contributed by atoms with Crippen molar-refractivity contribution in [3.8, 4) is 0 Å². The van der Waals surface area contributed by atoms with E-state index in [-0.39, 0.29) is 37.0 Å². The summed E-state index contributed by atoms with van der Waals surface area (Å²) in [7, 11) is 0. The monoisotopic (exact) mass is 551 g/mol. The Hall–Kier alpha value is -4.47. The first-order valence-corrected chi connectivity index (χ1v) is 12.7. The SMILES string of the molecule is CCOC(=O)C1=C(C)N(Cc2cccc(C(=O)NCc3ccncc3)c2)C(=O)CC1c1ccc(C(F)(F)F)cc1. The molecule has 1 aromatic heterocycles. The normalized spacial score (nSPS) is 15.7. The number of nitrogens with one attached hydrogen (secondary N) is 1. The molecule has 1 atom stereocenters. The zero-order valence-corrected chi connectivity index (χ0v) is 22.0. The van der Waals surface area contributed by atoms with Gasteiger partial charge in [-0.05, 0) is 66.9 Å². The Balaban J connectivity index is 1.58. The lowest BCUT2D eigenvalue weighted by Crippen LogP contribution is -2.38. The highest BCUT2D eigenvalue weighted by molar-refractivity contribution is 5.96. The summed E-state index contributed by atoms with van der Waals surface area (Å²) < 4.78 is 44.5. The van der Waals surface area contributed by atoms with Crippen molar-refractivity contribution >= 4 is 17.8 Å². The molecule has 7 nitrogen and oxygen atoms in total. The highest BCUT2D eigenvalue weighted by Gasteiger charge is 2.37. The predicted molar refractivity (Wildman–Crippen MR) is 141 cm³/mol. The number of nitrogens with zero attached hydrogens (tertiary/aromatic N) is 2. The number of hydrogen-bond donors (Lipinski definition) is 1. The van der Waals surface area contributed by atoms with Crippen LogP contribution in [-0.4, -0.2) is 34.3 Å². The molecule has 10 heteroatoms. The van der Waals surface area contributed by atoms with E-state index in [0.29, 0.717) is 28.9 Å². The summed E-state index contributed by atoms with van der Waals surface area (Å²) in [5.41, 5.74) is 2.14. The van der Waals surface area contributed by atoms with Gasteiger partial charge in [-0.1, -0.05) is 24.3 Å². The first kappa shape index (κ1) is 28.5. The second-order valence-electron chi connectivity index (χ2n) is 9.31. The van der Waals surface area contributed by atoms with E-state index < -0.39 is 23.6 Å². The van der Waals surface area contributed by atoms with Crippen LogP contribution in [0, 0.1) is 0 Å². The molecule has 0 bridgehead atoms. The van der Waals surface area contributed by atoms with Crippen LogP contribution in [0.4, 0.5) is 13.2 Å². The van der Waals surface area contributed by atoms with Crippen LogP contribution >= 0.6 is 0 Å². The third kappa shape index (κ3) is 6.56. The molecule has 40 heavy (non-hydrogen) atoms. The van der Waals surface area contributed by atoms with E-state index in [1.54, 1.807) is 62.6 Å². The number of halogens is 3. The lowest BCUT2D eigenvalue weighted by Gasteiger charge is -2.34. The number of carbonyl (C=O) groups excluding carboxylic acids is 3. The minimum Gasteiger partial charge on any atom is -0.463 e. The zero-order valence-electron chi connectivity index (χ0n) is 22.0. The topological polar surface area (TPSA) is 88.6 Å². The number of alkyl halides is 3. The van der Waals surface area contributed by atoms with Crippen LogP contribution in [0.1, 0.15) is 58.8 Å². The number of benzene rings is 2. The number of amides is 2. The summed E-state index contributed by atoms with van der Waals surface area (Å²) in [5.74, 6) is -1.98. The third-order valence-electron chi connectivity index (χ3n) is 6.69. The van der Waals surface area contributed by atoms with E-state index in [1.165, 1.54) is 17.0 Å².